The fourth-order valence-corrected chi connectivity index (χ4v) is 10.2. The van der Waals surface area contributed by atoms with Crippen molar-refractivity contribution in [1.82, 2.24) is 9.97 Å². The Balaban J connectivity index is 1.63. The lowest BCUT2D eigenvalue weighted by Gasteiger charge is -2.67. The van der Waals surface area contributed by atoms with Crippen molar-refractivity contribution in [3.63, 3.8) is 0 Å². The predicted molar refractivity (Wildman–Crippen MR) is 223 cm³/mol. The first-order valence-corrected chi connectivity index (χ1v) is 21.4. The number of aliphatic hydroxyl groups is 1. The number of ether oxygens (including phenoxy) is 9. The van der Waals surface area contributed by atoms with Gasteiger partial charge in [0, 0.05) is 46.3 Å². The van der Waals surface area contributed by atoms with Crippen LogP contribution in [0.15, 0.2) is 73.2 Å². The molecule has 20 heteroatoms. The molecule has 1 N–H and O–H groups in total. The van der Waals surface area contributed by atoms with Crippen molar-refractivity contribution in [2.45, 2.75) is 115 Å². The molecule has 12 unspecified atom stereocenters. The molecule has 12 atom stereocenters. The van der Waals surface area contributed by atoms with E-state index in [4.69, 9.17) is 42.6 Å². The molecular weight excluding hydrogens is 881 g/mol. The highest BCUT2D eigenvalue weighted by atomic mass is 16.7. The molecular formula is C47H50N2O18. The summed E-state index contributed by atoms with van der Waals surface area (Å²) in [6.45, 7) is 6.04. The molecule has 7 rings (SSSR count). The minimum atomic E-state index is -2.93. The number of aryl methyl sites for hydroxylation is 1. The number of carbonyl (C=O) groups is 8. The minimum Gasteiger partial charge on any atom is -0.465 e. The Morgan fingerprint density at radius 3 is 2.00 bits per heavy atom. The first kappa shape index (κ1) is 48.1. The zero-order chi connectivity index (χ0) is 48.6. The largest absolute Gasteiger partial charge is 0.465 e. The Morgan fingerprint density at radius 1 is 0.746 bits per heavy atom. The van der Waals surface area contributed by atoms with Gasteiger partial charge in [0.2, 0.25) is 0 Å². The molecule has 2 aliphatic carbocycles. The highest BCUT2D eigenvalue weighted by Gasteiger charge is 2.92. The molecule has 3 fully saturated rings. The fraction of sp³-hybridized carbons (Fsp3) is 0.489. The van der Waals surface area contributed by atoms with Crippen LogP contribution in [0.3, 0.4) is 0 Å². The summed E-state index contributed by atoms with van der Waals surface area (Å²) in [5.74, 6) is -11.0. The van der Waals surface area contributed by atoms with Crippen molar-refractivity contribution in [2.24, 2.45) is 17.3 Å². The molecule has 1 spiro atoms. The molecule has 4 aliphatic rings. The predicted octanol–water partition coefficient (Wildman–Crippen LogP) is 2.85. The molecule has 3 aromatic rings. The number of aromatic nitrogens is 2. The summed E-state index contributed by atoms with van der Waals surface area (Å²) in [5.41, 5.74) is -10.6. The van der Waals surface area contributed by atoms with Gasteiger partial charge in [-0.1, -0.05) is 25.1 Å². The van der Waals surface area contributed by atoms with Gasteiger partial charge < -0.3 is 47.7 Å². The van der Waals surface area contributed by atoms with Crippen LogP contribution in [0.25, 0.3) is 0 Å². The van der Waals surface area contributed by atoms with Gasteiger partial charge in [0.15, 0.2) is 30.0 Å². The van der Waals surface area contributed by atoms with Crippen LogP contribution in [0.4, 0.5) is 0 Å². The fourth-order valence-electron chi connectivity index (χ4n) is 10.2. The third kappa shape index (κ3) is 8.47. The summed E-state index contributed by atoms with van der Waals surface area (Å²) in [7, 11) is 0. The van der Waals surface area contributed by atoms with Crippen LogP contribution in [0.2, 0.25) is 0 Å². The van der Waals surface area contributed by atoms with Crippen molar-refractivity contribution in [3.8, 4) is 0 Å². The van der Waals surface area contributed by atoms with Gasteiger partial charge in [-0.15, -0.1) is 0 Å². The summed E-state index contributed by atoms with van der Waals surface area (Å²) >= 11 is 0. The van der Waals surface area contributed by atoms with E-state index in [0.717, 1.165) is 34.6 Å². The zero-order valence-electron chi connectivity index (χ0n) is 37.7. The van der Waals surface area contributed by atoms with Crippen LogP contribution in [0.1, 0.15) is 91.7 Å². The highest BCUT2D eigenvalue weighted by molar-refractivity contribution is 5.91. The topological polar surface area (TPSA) is 266 Å². The summed E-state index contributed by atoms with van der Waals surface area (Å²) < 4.78 is 56.3. The van der Waals surface area contributed by atoms with E-state index >= 15 is 0 Å². The van der Waals surface area contributed by atoms with Crippen LogP contribution in [-0.2, 0) is 73.0 Å². The molecule has 4 heterocycles. The Morgan fingerprint density at radius 2 is 1.37 bits per heavy atom. The normalized spacial score (nSPS) is 33.2. The van der Waals surface area contributed by atoms with Crippen LogP contribution in [-0.4, -0.2) is 129 Å². The number of carbonyl (C=O) groups excluding carboxylic acids is 8. The second kappa shape index (κ2) is 18.5. The Kier molecular flexibility index (Phi) is 13.3. The van der Waals surface area contributed by atoms with Crippen molar-refractivity contribution >= 4 is 47.8 Å². The van der Waals surface area contributed by atoms with Crippen molar-refractivity contribution in [3.05, 3.63) is 95.6 Å². The number of pyridine rings is 2. The molecule has 1 saturated heterocycles. The average Bonchev–Trinajstić information content (AvgIpc) is 3.51. The van der Waals surface area contributed by atoms with Gasteiger partial charge in [0.25, 0.3) is 0 Å². The van der Waals surface area contributed by atoms with Crippen molar-refractivity contribution in [1.29, 1.82) is 0 Å². The van der Waals surface area contributed by atoms with E-state index in [1.54, 1.807) is 6.07 Å². The van der Waals surface area contributed by atoms with E-state index in [0.29, 0.717) is 0 Å². The van der Waals surface area contributed by atoms with Crippen molar-refractivity contribution in [2.75, 3.05) is 13.2 Å². The lowest BCUT2D eigenvalue weighted by atomic mass is 9.45. The van der Waals surface area contributed by atoms with E-state index in [2.05, 4.69) is 9.97 Å². The Bertz CT molecular complexity index is 2450. The number of hydrogen-bond acceptors (Lipinski definition) is 20. The number of cyclic esters (lactones) is 1. The van der Waals surface area contributed by atoms with Gasteiger partial charge in [0.05, 0.1) is 34.2 Å². The SMILES string of the molecule is CC(=O)OCC12C(OC(C)=O)C(OC(C)=O)C3C(OC(=O)c4cccnc4)C14OC3(C)COC(=O)c1cccnc1CCC(C)C(=O)OC(C(OC(=O)c1ccccc1)C2OC(C)=O)C4(C)O. The molecule has 356 valence electrons. The number of esters is 8. The number of fused-ring (bicyclic) bond motifs is 5. The maximum atomic E-state index is 14.6. The third-order valence-electron chi connectivity index (χ3n) is 12.9. The number of rotatable bonds is 9. The molecule has 2 aliphatic heterocycles. The van der Waals surface area contributed by atoms with E-state index in [1.165, 1.54) is 81.0 Å². The average molecular weight is 931 g/mol. The molecule has 67 heavy (non-hydrogen) atoms. The van der Waals surface area contributed by atoms with Crippen LogP contribution >= 0.6 is 0 Å². The maximum absolute atomic E-state index is 14.6. The molecule has 2 aromatic heterocycles. The molecule has 20 nitrogen and oxygen atoms in total. The standard InChI is InChI=1S/C47H50N2O18/c1-24-17-18-32-31(16-12-20-49-32)43(57)60-22-44(6)33-34(61-26(3)51)38(62-27(4)52)46(23-59-25(2)50)39(63-28(5)53)35(64-41(55)29-13-9-8-10-14-29)37(66-40(24)54)45(7,58)47(46,67-44)36(33)65-42(56)30-15-11-19-48-21-30/h8-16,19-21,24,33-39,58H,17-18,22-23H2,1-7H3. The van der Waals surface area contributed by atoms with Gasteiger partial charge >= 0.3 is 47.8 Å². The second-order valence-corrected chi connectivity index (χ2v) is 17.5. The van der Waals surface area contributed by atoms with Crippen LogP contribution in [0, 0.1) is 17.3 Å². The highest BCUT2D eigenvalue weighted by Crippen LogP contribution is 2.70. The molecule has 1 aromatic carbocycles. The summed E-state index contributed by atoms with van der Waals surface area (Å²) in [5, 5.41) is 13.9. The quantitative estimate of drug-likeness (QED) is 0.239. The molecule has 0 radical (unpaired) electrons. The number of benzene rings is 1. The van der Waals surface area contributed by atoms with Crippen LogP contribution in [0.5, 0.6) is 0 Å². The van der Waals surface area contributed by atoms with E-state index in [-0.39, 0.29) is 35.2 Å². The summed E-state index contributed by atoms with van der Waals surface area (Å²) in [6, 6.07) is 13.2. The van der Waals surface area contributed by atoms with Crippen molar-refractivity contribution < 1.29 is 86.1 Å². The first-order chi connectivity index (χ1) is 31.7. The Labute approximate surface area is 383 Å². The van der Waals surface area contributed by atoms with E-state index < -0.39 is 132 Å². The smallest absolute Gasteiger partial charge is 0.340 e. The lowest BCUT2D eigenvalue weighted by molar-refractivity contribution is -0.385. The van der Waals surface area contributed by atoms with Gasteiger partial charge in [-0.2, -0.15) is 0 Å². The van der Waals surface area contributed by atoms with Gasteiger partial charge in [-0.3, -0.25) is 33.9 Å². The van der Waals surface area contributed by atoms with Gasteiger partial charge in [-0.05, 0) is 63.1 Å². The minimum absolute atomic E-state index is 0.00677. The van der Waals surface area contributed by atoms with E-state index in [1.807, 2.05) is 0 Å². The summed E-state index contributed by atoms with van der Waals surface area (Å²) in [4.78, 5) is 120. The Hall–Kier alpha value is -6.80. The first-order valence-electron chi connectivity index (χ1n) is 21.4. The van der Waals surface area contributed by atoms with E-state index in [9.17, 15) is 43.5 Å². The monoisotopic (exact) mass is 930 g/mol. The van der Waals surface area contributed by atoms with Gasteiger partial charge in [-0.25, -0.2) is 14.4 Å². The van der Waals surface area contributed by atoms with Crippen LogP contribution < -0.4 is 0 Å². The number of nitrogens with zero attached hydrogens (tertiary/aromatic N) is 2. The summed E-state index contributed by atoms with van der Waals surface area (Å²) in [6.07, 6.45) is -8.49. The second-order valence-electron chi connectivity index (χ2n) is 17.5. The lowest BCUT2D eigenvalue weighted by Crippen LogP contribution is -2.89. The molecule has 0 amide bonds. The molecule has 4 bridgehead atoms. The maximum Gasteiger partial charge on any atom is 0.340 e. The number of hydrogen-bond donors (Lipinski definition) is 1. The third-order valence-corrected chi connectivity index (χ3v) is 12.9. The zero-order valence-corrected chi connectivity index (χ0v) is 37.7. The molecule has 2 saturated carbocycles. The van der Waals surface area contributed by atoms with Gasteiger partial charge in [0.1, 0.15) is 42.0 Å².